The van der Waals surface area contributed by atoms with Gasteiger partial charge in [0.1, 0.15) is 12.4 Å². The van der Waals surface area contributed by atoms with E-state index in [1.807, 2.05) is 0 Å². The van der Waals surface area contributed by atoms with Crippen molar-refractivity contribution in [2.24, 2.45) is 0 Å². The number of amides is 2. The summed E-state index contributed by atoms with van der Waals surface area (Å²) in [6, 6.07) is 12.2. The number of carbonyl (C=O) groups excluding carboxylic acids is 2. The Hall–Kier alpha value is -2.93. The van der Waals surface area contributed by atoms with Gasteiger partial charge >= 0.3 is 11.8 Å². The summed E-state index contributed by atoms with van der Waals surface area (Å²) in [7, 11) is 0. The molecule has 0 aliphatic carbocycles. The van der Waals surface area contributed by atoms with Crippen molar-refractivity contribution in [2.45, 2.75) is 6.54 Å². The largest absolute Gasteiger partial charge is 0.492 e. The molecule has 0 radical (unpaired) electrons. The Balaban J connectivity index is 1.36. The van der Waals surface area contributed by atoms with Crippen LogP contribution in [0.25, 0.3) is 0 Å². The van der Waals surface area contributed by atoms with E-state index in [0.717, 1.165) is 5.56 Å². The standard InChI is InChI=1S/C18H17ClN2O5/c19-13-2-4-14(5-3-13)24-8-7-20-17(22)18(23)21-10-12-1-6-15-16(9-12)26-11-25-15/h1-6,9H,7-8,10-11H2,(H,20,22)(H,21,23). The van der Waals surface area contributed by atoms with E-state index in [9.17, 15) is 9.59 Å². The summed E-state index contributed by atoms with van der Waals surface area (Å²) in [6.45, 7) is 0.845. The van der Waals surface area contributed by atoms with Crippen LogP contribution in [0.15, 0.2) is 42.5 Å². The van der Waals surface area contributed by atoms with Crippen LogP contribution in [0.2, 0.25) is 5.02 Å². The summed E-state index contributed by atoms with van der Waals surface area (Å²) in [6.07, 6.45) is 0. The lowest BCUT2D eigenvalue weighted by Crippen LogP contribution is -2.41. The van der Waals surface area contributed by atoms with E-state index in [1.165, 1.54) is 0 Å². The molecule has 2 aromatic rings. The van der Waals surface area contributed by atoms with Crippen molar-refractivity contribution in [3.63, 3.8) is 0 Å². The van der Waals surface area contributed by atoms with Crippen molar-refractivity contribution in [3.8, 4) is 17.2 Å². The third-order valence-corrected chi connectivity index (χ3v) is 3.82. The van der Waals surface area contributed by atoms with Crippen molar-refractivity contribution in [1.29, 1.82) is 0 Å². The highest BCUT2D eigenvalue weighted by atomic mass is 35.5. The summed E-state index contributed by atoms with van der Waals surface area (Å²) < 4.78 is 15.9. The molecule has 0 unspecified atom stereocenters. The lowest BCUT2D eigenvalue weighted by Gasteiger charge is -2.08. The van der Waals surface area contributed by atoms with Crippen LogP contribution in [0, 0.1) is 0 Å². The minimum absolute atomic E-state index is 0.186. The van der Waals surface area contributed by atoms with Gasteiger partial charge in [-0.25, -0.2) is 0 Å². The van der Waals surface area contributed by atoms with Crippen LogP contribution in [-0.4, -0.2) is 31.8 Å². The van der Waals surface area contributed by atoms with E-state index in [-0.39, 0.29) is 26.5 Å². The summed E-state index contributed by atoms with van der Waals surface area (Å²) >= 11 is 5.78. The third-order valence-electron chi connectivity index (χ3n) is 3.57. The number of hydrogen-bond acceptors (Lipinski definition) is 5. The van der Waals surface area contributed by atoms with Gasteiger partial charge in [0.2, 0.25) is 6.79 Å². The molecule has 8 heteroatoms. The zero-order valence-electron chi connectivity index (χ0n) is 13.8. The van der Waals surface area contributed by atoms with Gasteiger partial charge in [0.15, 0.2) is 11.5 Å². The van der Waals surface area contributed by atoms with Crippen LogP contribution in [0.3, 0.4) is 0 Å². The summed E-state index contributed by atoms with van der Waals surface area (Å²) in [4.78, 5) is 23.6. The van der Waals surface area contributed by atoms with Gasteiger partial charge in [0, 0.05) is 11.6 Å². The van der Waals surface area contributed by atoms with E-state index >= 15 is 0 Å². The van der Waals surface area contributed by atoms with E-state index in [4.69, 9.17) is 25.8 Å². The van der Waals surface area contributed by atoms with E-state index in [2.05, 4.69) is 10.6 Å². The summed E-state index contributed by atoms with van der Waals surface area (Å²) in [5.41, 5.74) is 0.807. The molecule has 1 heterocycles. The van der Waals surface area contributed by atoms with E-state index in [1.54, 1.807) is 42.5 Å². The molecule has 136 valence electrons. The Morgan fingerprint density at radius 2 is 1.73 bits per heavy atom. The van der Waals surface area contributed by atoms with Gasteiger partial charge in [0.05, 0.1) is 6.54 Å². The van der Waals surface area contributed by atoms with Gasteiger partial charge in [-0.15, -0.1) is 0 Å². The molecule has 0 fully saturated rings. The summed E-state index contributed by atoms with van der Waals surface area (Å²) in [5, 5.41) is 5.66. The van der Waals surface area contributed by atoms with E-state index < -0.39 is 11.8 Å². The van der Waals surface area contributed by atoms with Gasteiger partial charge in [-0.2, -0.15) is 0 Å². The van der Waals surface area contributed by atoms with Crippen LogP contribution in [0.5, 0.6) is 17.2 Å². The second kappa shape index (κ2) is 8.44. The second-order valence-electron chi connectivity index (χ2n) is 5.43. The highest BCUT2D eigenvalue weighted by Crippen LogP contribution is 2.32. The van der Waals surface area contributed by atoms with Crippen molar-refractivity contribution in [3.05, 3.63) is 53.1 Å². The molecular formula is C18H17ClN2O5. The second-order valence-corrected chi connectivity index (χ2v) is 5.87. The van der Waals surface area contributed by atoms with Crippen LogP contribution in [-0.2, 0) is 16.1 Å². The normalized spacial score (nSPS) is 11.7. The molecule has 3 rings (SSSR count). The Labute approximate surface area is 155 Å². The lowest BCUT2D eigenvalue weighted by atomic mass is 10.2. The third kappa shape index (κ3) is 4.80. The van der Waals surface area contributed by atoms with E-state index in [0.29, 0.717) is 22.3 Å². The molecule has 0 saturated heterocycles. The first-order valence-corrected chi connectivity index (χ1v) is 8.32. The molecule has 7 nitrogen and oxygen atoms in total. The van der Waals surface area contributed by atoms with Gasteiger partial charge < -0.3 is 24.8 Å². The van der Waals surface area contributed by atoms with Crippen LogP contribution < -0.4 is 24.8 Å². The molecule has 1 aliphatic heterocycles. The maximum Gasteiger partial charge on any atom is 0.309 e. The SMILES string of the molecule is O=C(NCCOc1ccc(Cl)cc1)C(=O)NCc1ccc2c(c1)OCO2. The number of ether oxygens (including phenoxy) is 3. The van der Waals surface area contributed by atoms with Crippen molar-refractivity contribution >= 4 is 23.4 Å². The van der Waals surface area contributed by atoms with Crippen LogP contribution in [0.1, 0.15) is 5.56 Å². The highest BCUT2D eigenvalue weighted by Gasteiger charge is 2.15. The minimum atomic E-state index is -0.717. The van der Waals surface area contributed by atoms with Crippen molar-refractivity contribution in [1.82, 2.24) is 10.6 Å². The zero-order chi connectivity index (χ0) is 18.4. The number of benzene rings is 2. The molecule has 0 saturated carbocycles. The van der Waals surface area contributed by atoms with Crippen molar-refractivity contribution < 1.29 is 23.8 Å². The quantitative estimate of drug-likeness (QED) is 0.594. The molecule has 2 amide bonds. The molecule has 1 aliphatic rings. The maximum absolute atomic E-state index is 11.8. The molecule has 0 aromatic heterocycles. The maximum atomic E-state index is 11.8. The predicted octanol–water partition coefficient (Wildman–Crippen LogP) is 1.88. The molecular weight excluding hydrogens is 360 g/mol. The molecule has 2 aromatic carbocycles. The van der Waals surface area contributed by atoms with Gasteiger partial charge in [-0.05, 0) is 42.0 Å². The Bertz CT molecular complexity index is 795. The number of fused-ring (bicyclic) bond motifs is 1. The number of hydrogen-bond donors (Lipinski definition) is 2. The fourth-order valence-corrected chi connectivity index (χ4v) is 2.38. The fraction of sp³-hybridized carbons (Fsp3) is 0.222. The number of carbonyl (C=O) groups is 2. The van der Waals surface area contributed by atoms with Gasteiger partial charge in [0.25, 0.3) is 0 Å². The summed E-state index contributed by atoms with van der Waals surface area (Å²) in [5.74, 6) is 0.495. The predicted molar refractivity (Wildman–Crippen MR) is 94.4 cm³/mol. The molecule has 0 atom stereocenters. The van der Waals surface area contributed by atoms with Crippen molar-refractivity contribution in [2.75, 3.05) is 19.9 Å². The number of halogens is 1. The monoisotopic (exact) mass is 376 g/mol. The molecule has 26 heavy (non-hydrogen) atoms. The highest BCUT2D eigenvalue weighted by molar-refractivity contribution is 6.35. The number of rotatable bonds is 6. The Kier molecular flexibility index (Phi) is 5.80. The number of nitrogens with one attached hydrogen (secondary N) is 2. The van der Waals surface area contributed by atoms with Crippen LogP contribution >= 0.6 is 11.6 Å². The van der Waals surface area contributed by atoms with Gasteiger partial charge in [-0.3, -0.25) is 9.59 Å². The molecule has 0 spiro atoms. The first-order chi connectivity index (χ1) is 12.6. The minimum Gasteiger partial charge on any atom is -0.492 e. The first-order valence-electron chi connectivity index (χ1n) is 7.95. The average molecular weight is 377 g/mol. The average Bonchev–Trinajstić information content (AvgIpc) is 3.12. The Morgan fingerprint density at radius 3 is 2.54 bits per heavy atom. The molecule has 0 bridgehead atoms. The van der Waals surface area contributed by atoms with Gasteiger partial charge in [-0.1, -0.05) is 17.7 Å². The topological polar surface area (TPSA) is 85.9 Å². The Morgan fingerprint density at radius 1 is 1.00 bits per heavy atom. The first kappa shape index (κ1) is 17.9. The molecule has 2 N–H and O–H groups in total. The van der Waals surface area contributed by atoms with Crippen LogP contribution in [0.4, 0.5) is 0 Å². The zero-order valence-corrected chi connectivity index (χ0v) is 14.5. The lowest BCUT2D eigenvalue weighted by molar-refractivity contribution is -0.139. The smallest absolute Gasteiger partial charge is 0.309 e. The fourth-order valence-electron chi connectivity index (χ4n) is 2.26.